The quantitative estimate of drug-likeness (QED) is 0.152. The number of likely N-dealkylation sites (N-methyl/N-ethyl adjacent to an activating group) is 1. The van der Waals surface area contributed by atoms with Crippen molar-refractivity contribution in [3.63, 3.8) is 0 Å². The molecule has 0 spiro atoms. The first-order chi connectivity index (χ1) is 13.2. The van der Waals surface area contributed by atoms with E-state index in [1.165, 1.54) is 44.9 Å². The van der Waals surface area contributed by atoms with Crippen molar-refractivity contribution in [2.75, 3.05) is 27.7 Å². The van der Waals surface area contributed by atoms with Crippen LogP contribution in [0.2, 0.25) is 0 Å². The standard InChI is InChI=1S/C23H43NO4/c1-5-6-7-8-9-10-11-12-13-14-15-16-17-18-23(27)28-21(19-22(25)26)20-24(2,3)4/h13-14,21H,5-12,15-20H2,1-4H3/b14-13+. The van der Waals surface area contributed by atoms with Crippen LogP contribution in [0, 0.1) is 0 Å². The average molecular weight is 398 g/mol. The van der Waals surface area contributed by atoms with Crippen molar-refractivity contribution in [2.24, 2.45) is 0 Å². The van der Waals surface area contributed by atoms with Crippen molar-refractivity contribution < 1.29 is 23.9 Å². The average Bonchev–Trinajstić information content (AvgIpc) is 2.56. The van der Waals surface area contributed by atoms with Gasteiger partial charge in [-0.3, -0.25) is 4.79 Å². The molecule has 28 heavy (non-hydrogen) atoms. The van der Waals surface area contributed by atoms with Crippen LogP contribution in [0.4, 0.5) is 0 Å². The van der Waals surface area contributed by atoms with Gasteiger partial charge in [0, 0.05) is 18.8 Å². The molecule has 0 heterocycles. The number of esters is 1. The summed E-state index contributed by atoms with van der Waals surface area (Å²) in [7, 11) is 5.82. The number of carboxylic acid groups (broad SMARTS) is 1. The number of hydrogen-bond donors (Lipinski definition) is 0. The second kappa shape index (κ2) is 16.6. The number of carbonyl (C=O) groups is 2. The van der Waals surface area contributed by atoms with Gasteiger partial charge in [-0.25, -0.2) is 0 Å². The Balaban J connectivity index is 3.75. The fraction of sp³-hybridized carbons (Fsp3) is 0.826. The fourth-order valence-electron chi connectivity index (χ4n) is 3.17. The minimum Gasteiger partial charge on any atom is -0.550 e. The number of carbonyl (C=O) groups excluding carboxylic acids is 2. The number of aliphatic carboxylic acids is 1. The third-order valence-corrected chi connectivity index (χ3v) is 4.59. The van der Waals surface area contributed by atoms with Crippen molar-refractivity contribution in [1.29, 1.82) is 0 Å². The number of ether oxygens (including phenoxy) is 1. The van der Waals surface area contributed by atoms with Crippen LogP contribution in [-0.4, -0.2) is 50.2 Å². The molecule has 1 atom stereocenters. The number of hydrogen-bond acceptors (Lipinski definition) is 4. The molecule has 164 valence electrons. The number of allylic oxidation sites excluding steroid dienone is 2. The summed E-state index contributed by atoms with van der Waals surface area (Å²) in [4.78, 5) is 22.8. The van der Waals surface area contributed by atoms with Gasteiger partial charge in [0.25, 0.3) is 0 Å². The van der Waals surface area contributed by atoms with E-state index >= 15 is 0 Å². The van der Waals surface area contributed by atoms with E-state index in [1.807, 2.05) is 21.1 Å². The van der Waals surface area contributed by atoms with Gasteiger partial charge in [0.2, 0.25) is 0 Å². The normalized spacial score (nSPS) is 13.0. The number of unbranched alkanes of at least 4 members (excludes halogenated alkanes) is 9. The summed E-state index contributed by atoms with van der Waals surface area (Å²) in [6.45, 7) is 2.70. The van der Waals surface area contributed by atoms with Gasteiger partial charge in [-0.1, -0.05) is 57.6 Å². The van der Waals surface area contributed by atoms with Crippen molar-refractivity contribution in [3.05, 3.63) is 12.2 Å². The Kier molecular flexibility index (Phi) is 15.8. The molecule has 0 aromatic heterocycles. The summed E-state index contributed by atoms with van der Waals surface area (Å²) in [5.41, 5.74) is 0. The Morgan fingerprint density at radius 3 is 1.96 bits per heavy atom. The molecular weight excluding hydrogens is 354 g/mol. The van der Waals surface area contributed by atoms with Crippen LogP contribution in [0.25, 0.3) is 0 Å². The maximum atomic E-state index is 12.0. The summed E-state index contributed by atoms with van der Waals surface area (Å²) < 4.78 is 5.89. The summed E-state index contributed by atoms with van der Waals surface area (Å²) in [5.74, 6) is -1.50. The molecule has 0 saturated heterocycles. The molecule has 0 aromatic rings. The van der Waals surface area contributed by atoms with Crippen molar-refractivity contribution in [3.8, 4) is 0 Å². The molecule has 0 aliphatic carbocycles. The van der Waals surface area contributed by atoms with Gasteiger partial charge in [-0.15, -0.1) is 0 Å². The molecule has 0 aliphatic rings. The molecule has 0 bridgehead atoms. The Labute approximate surface area is 172 Å². The summed E-state index contributed by atoms with van der Waals surface area (Å²) in [6.07, 6.45) is 17.1. The lowest BCUT2D eigenvalue weighted by atomic mass is 10.1. The minimum absolute atomic E-state index is 0.247. The molecule has 0 amide bonds. The number of carboxylic acids is 1. The van der Waals surface area contributed by atoms with Gasteiger partial charge >= 0.3 is 5.97 Å². The van der Waals surface area contributed by atoms with Gasteiger partial charge in [0.05, 0.1) is 21.1 Å². The number of quaternary nitrogens is 1. The van der Waals surface area contributed by atoms with E-state index < -0.39 is 12.1 Å². The van der Waals surface area contributed by atoms with E-state index in [-0.39, 0.29) is 12.4 Å². The predicted molar refractivity (Wildman–Crippen MR) is 113 cm³/mol. The number of rotatable bonds is 18. The Morgan fingerprint density at radius 2 is 1.43 bits per heavy atom. The first-order valence-corrected chi connectivity index (χ1v) is 11.1. The molecule has 0 radical (unpaired) electrons. The lowest BCUT2D eigenvalue weighted by Crippen LogP contribution is -2.45. The third kappa shape index (κ3) is 19.4. The van der Waals surface area contributed by atoms with Crippen LogP contribution in [0.15, 0.2) is 12.2 Å². The van der Waals surface area contributed by atoms with Crippen molar-refractivity contribution in [1.82, 2.24) is 0 Å². The maximum Gasteiger partial charge on any atom is 0.306 e. The smallest absolute Gasteiger partial charge is 0.306 e. The maximum absolute atomic E-state index is 12.0. The predicted octanol–water partition coefficient (Wildman–Crippen LogP) is 4.00. The van der Waals surface area contributed by atoms with Crippen molar-refractivity contribution >= 4 is 11.9 Å². The molecule has 5 heteroatoms. The van der Waals surface area contributed by atoms with Gasteiger partial charge in [-0.2, -0.15) is 0 Å². The van der Waals surface area contributed by atoms with Crippen LogP contribution in [0.3, 0.4) is 0 Å². The van der Waals surface area contributed by atoms with E-state index in [2.05, 4.69) is 19.1 Å². The molecule has 0 rings (SSSR count). The van der Waals surface area contributed by atoms with Gasteiger partial charge < -0.3 is 19.1 Å². The highest BCUT2D eigenvalue weighted by molar-refractivity contribution is 5.70. The molecule has 5 nitrogen and oxygen atoms in total. The van der Waals surface area contributed by atoms with E-state index in [1.54, 1.807) is 0 Å². The topological polar surface area (TPSA) is 66.4 Å². The lowest BCUT2D eigenvalue weighted by Gasteiger charge is -2.29. The first kappa shape index (κ1) is 26.6. The second-order valence-corrected chi connectivity index (χ2v) is 8.79. The van der Waals surface area contributed by atoms with Gasteiger partial charge in [0.1, 0.15) is 6.54 Å². The molecule has 1 unspecified atom stereocenters. The highest BCUT2D eigenvalue weighted by Gasteiger charge is 2.22. The first-order valence-electron chi connectivity index (χ1n) is 11.1. The molecule has 0 aliphatic heterocycles. The zero-order valence-corrected chi connectivity index (χ0v) is 18.7. The molecular formula is C23H43NO4. The minimum atomic E-state index is -1.18. The summed E-state index contributed by atoms with van der Waals surface area (Å²) in [6, 6.07) is 0. The second-order valence-electron chi connectivity index (χ2n) is 8.79. The largest absolute Gasteiger partial charge is 0.550 e. The van der Waals surface area contributed by atoms with Gasteiger partial charge in [-0.05, 0) is 32.1 Å². The Hall–Kier alpha value is -1.36. The SMILES string of the molecule is CCCCCCCCC/C=C/CCCCC(=O)OC(CC(=O)[O-])C[N+](C)(C)C. The highest BCUT2D eigenvalue weighted by Crippen LogP contribution is 2.10. The summed E-state index contributed by atoms with van der Waals surface area (Å²) >= 11 is 0. The van der Waals surface area contributed by atoms with E-state index in [4.69, 9.17) is 4.74 Å². The Morgan fingerprint density at radius 1 is 0.893 bits per heavy atom. The lowest BCUT2D eigenvalue weighted by molar-refractivity contribution is -0.873. The third-order valence-electron chi connectivity index (χ3n) is 4.59. The van der Waals surface area contributed by atoms with Crippen LogP contribution >= 0.6 is 0 Å². The zero-order valence-electron chi connectivity index (χ0n) is 18.7. The van der Waals surface area contributed by atoms with Crippen LogP contribution in [-0.2, 0) is 14.3 Å². The highest BCUT2D eigenvalue weighted by atomic mass is 16.5. The monoisotopic (exact) mass is 397 g/mol. The van der Waals surface area contributed by atoms with Crippen molar-refractivity contribution in [2.45, 2.75) is 96.5 Å². The molecule has 0 N–H and O–H groups in total. The van der Waals surface area contributed by atoms with E-state index in [9.17, 15) is 14.7 Å². The van der Waals surface area contributed by atoms with E-state index in [0.717, 1.165) is 25.7 Å². The van der Waals surface area contributed by atoms with Crippen LogP contribution in [0.1, 0.15) is 90.4 Å². The molecule has 0 aromatic carbocycles. The fourth-order valence-corrected chi connectivity index (χ4v) is 3.17. The van der Waals surface area contributed by atoms with Crippen LogP contribution in [0.5, 0.6) is 0 Å². The molecule has 0 fully saturated rings. The summed E-state index contributed by atoms with van der Waals surface area (Å²) in [5, 5.41) is 10.8. The number of nitrogens with zero attached hydrogens (tertiary/aromatic N) is 1. The van der Waals surface area contributed by atoms with E-state index in [0.29, 0.717) is 17.4 Å². The van der Waals surface area contributed by atoms with Crippen LogP contribution < -0.4 is 5.11 Å². The van der Waals surface area contributed by atoms with Gasteiger partial charge in [0.15, 0.2) is 6.10 Å². The molecule has 0 saturated carbocycles. The Bertz CT molecular complexity index is 440. The zero-order chi connectivity index (χ0) is 21.3.